The fourth-order valence-corrected chi connectivity index (χ4v) is 2.94. The monoisotopic (exact) mass is 297 g/mol. The summed E-state index contributed by atoms with van der Waals surface area (Å²) in [5, 5.41) is 16.1. The number of sulfonamides is 1. The number of hydrogen-bond acceptors (Lipinski definition) is 7. The van der Waals surface area contributed by atoms with Gasteiger partial charge in [-0.2, -0.15) is 5.21 Å². The highest BCUT2D eigenvalue weighted by Gasteiger charge is 2.23. The van der Waals surface area contributed by atoms with Crippen LogP contribution in [-0.4, -0.2) is 40.6 Å². The largest absolute Gasteiger partial charge is 0.369 e. The molecule has 20 heavy (non-hydrogen) atoms. The molecule has 9 nitrogen and oxygen atoms in total. The van der Waals surface area contributed by atoms with Crippen molar-refractivity contribution in [2.24, 2.45) is 0 Å². The predicted molar refractivity (Wildman–Crippen MR) is 71.3 cm³/mol. The SMILES string of the molecule is CCNc1ncccc1S(=O)(=O)NC(C)c1nn[nH]n1. The van der Waals surface area contributed by atoms with E-state index < -0.39 is 16.1 Å². The molecule has 2 heterocycles. The predicted octanol–water partition coefficient (Wildman–Crippen LogP) is 0.0660. The van der Waals surface area contributed by atoms with Gasteiger partial charge in [-0.25, -0.2) is 18.1 Å². The number of nitrogens with zero attached hydrogens (tertiary/aromatic N) is 4. The number of aromatic amines is 1. The van der Waals surface area contributed by atoms with Crippen molar-refractivity contribution in [1.29, 1.82) is 0 Å². The van der Waals surface area contributed by atoms with Crippen molar-refractivity contribution in [1.82, 2.24) is 30.3 Å². The van der Waals surface area contributed by atoms with Crippen molar-refractivity contribution in [2.45, 2.75) is 24.8 Å². The molecule has 2 aromatic heterocycles. The molecule has 1 atom stereocenters. The first-order valence-corrected chi connectivity index (χ1v) is 7.47. The summed E-state index contributed by atoms with van der Waals surface area (Å²) in [6, 6.07) is 2.44. The molecule has 0 amide bonds. The van der Waals surface area contributed by atoms with E-state index in [1.54, 1.807) is 13.0 Å². The number of tetrazole rings is 1. The highest BCUT2D eigenvalue weighted by atomic mass is 32.2. The lowest BCUT2D eigenvalue weighted by Crippen LogP contribution is -2.28. The summed E-state index contributed by atoms with van der Waals surface area (Å²) < 4.78 is 27.2. The molecule has 108 valence electrons. The number of pyridine rings is 1. The van der Waals surface area contributed by atoms with Gasteiger partial charge in [0, 0.05) is 12.7 Å². The van der Waals surface area contributed by atoms with Crippen LogP contribution in [0.1, 0.15) is 25.7 Å². The van der Waals surface area contributed by atoms with Crippen LogP contribution in [0, 0.1) is 0 Å². The van der Waals surface area contributed by atoms with E-state index in [-0.39, 0.29) is 10.7 Å². The van der Waals surface area contributed by atoms with Gasteiger partial charge in [-0.05, 0) is 26.0 Å². The van der Waals surface area contributed by atoms with E-state index in [4.69, 9.17) is 0 Å². The summed E-state index contributed by atoms with van der Waals surface area (Å²) >= 11 is 0. The summed E-state index contributed by atoms with van der Waals surface area (Å²) in [7, 11) is -3.74. The lowest BCUT2D eigenvalue weighted by Gasteiger charge is -2.13. The van der Waals surface area contributed by atoms with Crippen LogP contribution in [0.25, 0.3) is 0 Å². The first kappa shape index (κ1) is 14.3. The summed E-state index contributed by atoms with van der Waals surface area (Å²) in [6.07, 6.45) is 1.53. The van der Waals surface area contributed by atoms with Crippen LogP contribution in [0.2, 0.25) is 0 Å². The van der Waals surface area contributed by atoms with Gasteiger partial charge in [0.15, 0.2) is 5.82 Å². The maximum atomic E-state index is 12.4. The lowest BCUT2D eigenvalue weighted by molar-refractivity contribution is 0.560. The normalized spacial score (nSPS) is 13.1. The summed E-state index contributed by atoms with van der Waals surface area (Å²) in [4.78, 5) is 4.11. The number of rotatable bonds is 6. The molecule has 0 saturated heterocycles. The zero-order valence-corrected chi connectivity index (χ0v) is 11.8. The van der Waals surface area contributed by atoms with E-state index in [0.29, 0.717) is 12.4 Å². The molecule has 0 saturated carbocycles. The second-order valence-corrected chi connectivity index (χ2v) is 5.68. The molecule has 0 aliphatic rings. The van der Waals surface area contributed by atoms with Crippen molar-refractivity contribution < 1.29 is 8.42 Å². The minimum Gasteiger partial charge on any atom is -0.369 e. The Morgan fingerprint density at radius 1 is 1.45 bits per heavy atom. The minimum absolute atomic E-state index is 0.0807. The molecule has 1 unspecified atom stereocenters. The van der Waals surface area contributed by atoms with Gasteiger partial charge in [0.25, 0.3) is 0 Å². The lowest BCUT2D eigenvalue weighted by atomic mass is 10.4. The van der Waals surface area contributed by atoms with E-state index in [0.717, 1.165) is 0 Å². The van der Waals surface area contributed by atoms with Crippen LogP contribution in [0.5, 0.6) is 0 Å². The van der Waals surface area contributed by atoms with Crippen LogP contribution in [-0.2, 0) is 10.0 Å². The molecule has 0 aliphatic carbocycles. The number of anilines is 1. The molecule has 10 heteroatoms. The standard InChI is InChI=1S/C10H15N7O2S/c1-3-11-10-8(5-4-6-12-10)20(18,19)15-7(2)9-13-16-17-14-9/h4-7,15H,3H2,1-2H3,(H,11,12)(H,13,14,16,17). The van der Waals surface area contributed by atoms with E-state index in [9.17, 15) is 8.42 Å². The van der Waals surface area contributed by atoms with Gasteiger partial charge in [-0.3, -0.25) is 0 Å². The average molecular weight is 297 g/mol. The zero-order valence-electron chi connectivity index (χ0n) is 11.0. The summed E-state index contributed by atoms with van der Waals surface area (Å²) in [5.41, 5.74) is 0. The summed E-state index contributed by atoms with van der Waals surface area (Å²) in [5.74, 6) is 0.574. The Kier molecular flexibility index (Phi) is 4.25. The molecular formula is C10H15N7O2S. The van der Waals surface area contributed by atoms with Gasteiger partial charge < -0.3 is 5.32 Å². The first-order valence-electron chi connectivity index (χ1n) is 5.99. The van der Waals surface area contributed by atoms with Crippen LogP contribution in [0.3, 0.4) is 0 Å². The number of hydrogen-bond donors (Lipinski definition) is 3. The Morgan fingerprint density at radius 3 is 2.90 bits per heavy atom. The van der Waals surface area contributed by atoms with Crippen LogP contribution in [0.15, 0.2) is 23.2 Å². The number of aromatic nitrogens is 5. The Morgan fingerprint density at radius 2 is 2.25 bits per heavy atom. The fourth-order valence-electron chi connectivity index (χ4n) is 1.61. The number of nitrogens with one attached hydrogen (secondary N) is 3. The highest BCUT2D eigenvalue weighted by molar-refractivity contribution is 7.89. The quantitative estimate of drug-likeness (QED) is 0.688. The fraction of sp³-hybridized carbons (Fsp3) is 0.400. The van der Waals surface area contributed by atoms with E-state index >= 15 is 0 Å². The topological polar surface area (TPSA) is 126 Å². The number of H-pyrrole nitrogens is 1. The summed E-state index contributed by atoms with van der Waals surface area (Å²) in [6.45, 7) is 4.06. The van der Waals surface area contributed by atoms with Crippen molar-refractivity contribution >= 4 is 15.8 Å². The molecule has 0 fully saturated rings. The van der Waals surface area contributed by atoms with Gasteiger partial charge in [-0.15, -0.1) is 10.2 Å². The van der Waals surface area contributed by atoms with Gasteiger partial charge in [0.05, 0.1) is 6.04 Å². The molecule has 3 N–H and O–H groups in total. The maximum absolute atomic E-state index is 12.4. The molecule has 0 bridgehead atoms. The van der Waals surface area contributed by atoms with E-state index in [1.165, 1.54) is 12.3 Å². The Bertz CT molecular complexity index is 656. The van der Waals surface area contributed by atoms with Gasteiger partial charge in [0.1, 0.15) is 10.7 Å². The third kappa shape index (κ3) is 3.08. The maximum Gasteiger partial charge on any atom is 0.244 e. The Hall–Kier alpha value is -2.07. The van der Waals surface area contributed by atoms with E-state index in [2.05, 4.69) is 35.6 Å². The average Bonchev–Trinajstić information content (AvgIpc) is 2.93. The van der Waals surface area contributed by atoms with Crippen molar-refractivity contribution in [3.8, 4) is 0 Å². The third-order valence-corrected chi connectivity index (χ3v) is 4.06. The minimum atomic E-state index is -3.74. The Labute approximate surface area is 116 Å². The van der Waals surface area contributed by atoms with Crippen molar-refractivity contribution in [3.05, 3.63) is 24.2 Å². The molecule has 2 rings (SSSR count). The highest BCUT2D eigenvalue weighted by Crippen LogP contribution is 2.19. The first-order chi connectivity index (χ1) is 9.54. The second kappa shape index (κ2) is 5.92. The molecule has 0 aromatic carbocycles. The van der Waals surface area contributed by atoms with Crippen molar-refractivity contribution in [3.63, 3.8) is 0 Å². The zero-order chi connectivity index (χ0) is 14.6. The molecule has 0 aliphatic heterocycles. The second-order valence-electron chi connectivity index (χ2n) is 3.99. The van der Waals surface area contributed by atoms with E-state index in [1.807, 2.05) is 6.92 Å². The van der Waals surface area contributed by atoms with Gasteiger partial charge in [-0.1, -0.05) is 5.21 Å². The Balaban J connectivity index is 2.27. The molecule has 2 aromatic rings. The van der Waals surface area contributed by atoms with Crippen LogP contribution < -0.4 is 10.0 Å². The molecular weight excluding hydrogens is 282 g/mol. The third-order valence-electron chi connectivity index (χ3n) is 2.49. The van der Waals surface area contributed by atoms with Crippen LogP contribution >= 0.6 is 0 Å². The molecule has 0 radical (unpaired) electrons. The van der Waals surface area contributed by atoms with Crippen molar-refractivity contribution in [2.75, 3.05) is 11.9 Å². The molecule has 0 spiro atoms. The van der Waals surface area contributed by atoms with Gasteiger partial charge in [0.2, 0.25) is 10.0 Å². The van der Waals surface area contributed by atoms with Crippen LogP contribution in [0.4, 0.5) is 5.82 Å². The van der Waals surface area contributed by atoms with Gasteiger partial charge >= 0.3 is 0 Å². The smallest absolute Gasteiger partial charge is 0.244 e.